The van der Waals surface area contributed by atoms with Gasteiger partial charge in [0.15, 0.2) is 0 Å². The monoisotopic (exact) mass is 245 g/mol. The van der Waals surface area contributed by atoms with Crippen molar-refractivity contribution < 1.29 is 0 Å². The molecule has 98 valence electrons. The molecule has 1 atom stereocenters. The first-order chi connectivity index (χ1) is 8.92. The number of hydrogen-bond acceptors (Lipinski definition) is 3. The number of hydrogen-bond donors (Lipinski definition) is 1. The van der Waals surface area contributed by atoms with Crippen molar-refractivity contribution in [3.05, 3.63) is 35.9 Å². The number of rotatable bonds is 4. The fourth-order valence-corrected chi connectivity index (χ4v) is 2.53. The van der Waals surface area contributed by atoms with Gasteiger partial charge >= 0.3 is 0 Å². The van der Waals surface area contributed by atoms with Crippen LogP contribution in [0.2, 0.25) is 0 Å². The lowest BCUT2D eigenvalue weighted by Gasteiger charge is -2.21. The molecule has 1 heterocycles. The Labute approximate surface area is 110 Å². The summed E-state index contributed by atoms with van der Waals surface area (Å²) in [7, 11) is 0. The number of nitrogens with zero attached hydrogens (tertiary/aromatic N) is 2. The smallest absolute Gasteiger partial charge is 0.149 e. The molecule has 0 radical (unpaired) electrons. The molecule has 1 N–H and O–H groups in total. The first-order valence-corrected chi connectivity index (χ1v) is 7.11. The average Bonchev–Trinajstić information content (AvgIpc) is 2.38. The van der Waals surface area contributed by atoms with Crippen LogP contribution in [0.3, 0.4) is 0 Å². The molecule has 0 aliphatic heterocycles. The second-order valence-electron chi connectivity index (χ2n) is 4.83. The molecule has 1 aliphatic rings. The van der Waals surface area contributed by atoms with E-state index in [0.29, 0.717) is 0 Å². The molecule has 0 fully saturated rings. The van der Waals surface area contributed by atoms with Crippen LogP contribution in [0.4, 0.5) is 0 Å². The molecule has 1 unspecified atom stereocenters. The van der Waals surface area contributed by atoms with Crippen molar-refractivity contribution in [3.8, 4) is 0 Å². The molecule has 0 saturated carbocycles. The highest BCUT2D eigenvalue weighted by molar-refractivity contribution is 5.18. The van der Waals surface area contributed by atoms with E-state index in [4.69, 9.17) is 0 Å². The standard InChI is InChI=1S/C15H23N3/c1-2-16-14(15-17-11-8-12-18-15)13-9-6-4-3-5-7-10-13/h8-9,11-12,14,16H,2-7,10H2,1H3/b13-9+. The van der Waals surface area contributed by atoms with Crippen molar-refractivity contribution in [2.24, 2.45) is 0 Å². The van der Waals surface area contributed by atoms with E-state index in [2.05, 4.69) is 28.3 Å². The summed E-state index contributed by atoms with van der Waals surface area (Å²) in [5.74, 6) is 0.908. The van der Waals surface area contributed by atoms with Gasteiger partial charge in [0.25, 0.3) is 0 Å². The van der Waals surface area contributed by atoms with Crippen molar-refractivity contribution in [2.75, 3.05) is 6.54 Å². The van der Waals surface area contributed by atoms with Gasteiger partial charge in [-0.05, 0) is 43.9 Å². The van der Waals surface area contributed by atoms with Crippen LogP contribution in [-0.4, -0.2) is 16.5 Å². The zero-order valence-electron chi connectivity index (χ0n) is 11.2. The fraction of sp³-hybridized carbons (Fsp3) is 0.600. The van der Waals surface area contributed by atoms with Gasteiger partial charge in [-0.15, -0.1) is 0 Å². The van der Waals surface area contributed by atoms with Gasteiger partial charge in [-0.2, -0.15) is 0 Å². The highest BCUT2D eigenvalue weighted by Crippen LogP contribution is 2.26. The zero-order chi connectivity index (χ0) is 12.6. The fourth-order valence-electron chi connectivity index (χ4n) is 2.53. The minimum Gasteiger partial charge on any atom is -0.304 e. The second-order valence-corrected chi connectivity index (χ2v) is 4.83. The predicted molar refractivity (Wildman–Crippen MR) is 74.2 cm³/mol. The number of nitrogens with one attached hydrogen (secondary N) is 1. The van der Waals surface area contributed by atoms with Gasteiger partial charge in [-0.25, -0.2) is 9.97 Å². The van der Waals surface area contributed by atoms with Gasteiger partial charge in [0, 0.05) is 12.4 Å². The van der Waals surface area contributed by atoms with Crippen LogP contribution in [0.1, 0.15) is 57.3 Å². The van der Waals surface area contributed by atoms with Crippen LogP contribution < -0.4 is 5.32 Å². The molecule has 0 aromatic carbocycles. The van der Waals surface area contributed by atoms with Crippen LogP contribution >= 0.6 is 0 Å². The Morgan fingerprint density at radius 2 is 1.94 bits per heavy atom. The molecule has 3 heteroatoms. The molecule has 0 saturated heterocycles. The summed E-state index contributed by atoms with van der Waals surface area (Å²) in [6, 6.07) is 2.08. The molecule has 0 spiro atoms. The molecular weight excluding hydrogens is 222 g/mol. The minimum absolute atomic E-state index is 0.203. The van der Waals surface area contributed by atoms with Crippen LogP contribution in [0.5, 0.6) is 0 Å². The predicted octanol–water partition coefficient (Wildman–Crippen LogP) is 3.41. The Hall–Kier alpha value is -1.22. The van der Waals surface area contributed by atoms with Gasteiger partial charge in [0.05, 0.1) is 6.04 Å². The normalized spacial score (nSPS) is 21.5. The van der Waals surface area contributed by atoms with E-state index >= 15 is 0 Å². The van der Waals surface area contributed by atoms with E-state index in [1.54, 1.807) is 0 Å². The van der Waals surface area contributed by atoms with Gasteiger partial charge in [0.2, 0.25) is 0 Å². The third kappa shape index (κ3) is 3.64. The first kappa shape index (κ1) is 13.2. The van der Waals surface area contributed by atoms with E-state index in [-0.39, 0.29) is 6.04 Å². The molecule has 0 bridgehead atoms. The number of likely N-dealkylation sites (N-methyl/N-ethyl adjacent to an activating group) is 1. The van der Waals surface area contributed by atoms with E-state index in [0.717, 1.165) is 12.4 Å². The van der Waals surface area contributed by atoms with E-state index in [1.165, 1.54) is 44.1 Å². The van der Waals surface area contributed by atoms with Crippen LogP contribution in [0, 0.1) is 0 Å². The molecule has 1 aromatic heterocycles. The SMILES string of the molecule is CCNC(/C1=C/CCCCCC1)c1ncccn1. The summed E-state index contributed by atoms with van der Waals surface area (Å²) >= 11 is 0. The minimum atomic E-state index is 0.203. The van der Waals surface area contributed by atoms with Gasteiger partial charge < -0.3 is 5.32 Å². The van der Waals surface area contributed by atoms with Crippen molar-refractivity contribution in [3.63, 3.8) is 0 Å². The van der Waals surface area contributed by atoms with Crippen LogP contribution in [0.25, 0.3) is 0 Å². The van der Waals surface area contributed by atoms with Crippen LogP contribution in [0.15, 0.2) is 30.1 Å². The molecule has 18 heavy (non-hydrogen) atoms. The zero-order valence-corrected chi connectivity index (χ0v) is 11.2. The third-order valence-corrected chi connectivity index (χ3v) is 3.45. The molecule has 1 aliphatic carbocycles. The van der Waals surface area contributed by atoms with Crippen LogP contribution in [-0.2, 0) is 0 Å². The molecular formula is C15H23N3. The van der Waals surface area contributed by atoms with Gasteiger partial charge in [-0.3, -0.25) is 0 Å². The van der Waals surface area contributed by atoms with Gasteiger partial charge in [-0.1, -0.05) is 25.8 Å². The van der Waals surface area contributed by atoms with Crippen molar-refractivity contribution in [1.82, 2.24) is 15.3 Å². The Morgan fingerprint density at radius 3 is 2.72 bits per heavy atom. The molecule has 1 aromatic rings. The van der Waals surface area contributed by atoms with E-state index < -0.39 is 0 Å². The summed E-state index contributed by atoms with van der Waals surface area (Å²) < 4.78 is 0. The topological polar surface area (TPSA) is 37.8 Å². The van der Waals surface area contributed by atoms with Gasteiger partial charge in [0.1, 0.15) is 5.82 Å². The Kier molecular flexibility index (Phi) is 5.34. The Balaban J connectivity index is 2.17. The Bertz CT molecular complexity index is 373. The average molecular weight is 245 g/mol. The van der Waals surface area contributed by atoms with Crippen molar-refractivity contribution >= 4 is 0 Å². The lowest BCUT2D eigenvalue weighted by atomic mass is 9.94. The lowest BCUT2D eigenvalue weighted by molar-refractivity contribution is 0.536. The van der Waals surface area contributed by atoms with Crippen molar-refractivity contribution in [2.45, 2.75) is 51.5 Å². The van der Waals surface area contributed by atoms with Crippen molar-refractivity contribution in [1.29, 1.82) is 0 Å². The first-order valence-electron chi connectivity index (χ1n) is 7.11. The highest BCUT2D eigenvalue weighted by atomic mass is 15.0. The maximum absolute atomic E-state index is 4.41. The quantitative estimate of drug-likeness (QED) is 0.826. The summed E-state index contributed by atoms with van der Waals surface area (Å²) in [5, 5.41) is 3.52. The Morgan fingerprint density at radius 1 is 1.17 bits per heavy atom. The highest BCUT2D eigenvalue weighted by Gasteiger charge is 2.18. The maximum Gasteiger partial charge on any atom is 0.149 e. The lowest BCUT2D eigenvalue weighted by Crippen LogP contribution is -2.25. The number of allylic oxidation sites excluding steroid dienone is 1. The third-order valence-electron chi connectivity index (χ3n) is 3.45. The molecule has 0 amide bonds. The molecule has 2 rings (SSSR count). The number of aromatic nitrogens is 2. The van der Waals surface area contributed by atoms with E-state index in [9.17, 15) is 0 Å². The van der Waals surface area contributed by atoms with E-state index in [1.807, 2.05) is 18.5 Å². The maximum atomic E-state index is 4.41. The largest absolute Gasteiger partial charge is 0.304 e. The molecule has 3 nitrogen and oxygen atoms in total. The summed E-state index contributed by atoms with van der Waals surface area (Å²) in [6.45, 7) is 3.08. The summed E-state index contributed by atoms with van der Waals surface area (Å²) in [5.41, 5.74) is 1.47. The second kappa shape index (κ2) is 7.27. The summed E-state index contributed by atoms with van der Waals surface area (Å²) in [6.07, 6.45) is 13.8. The summed E-state index contributed by atoms with van der Waals surface area (Å²) in [4.78, 5) is 8.82.